The highest BCUT2D eigenvalue weighted by molar-refractivity contribution is 7.13. The van der Waals surface area contributed by atoms with Crippen molar-refractivity contribution in [3.8, 4) is 10.8 Å². The van der Waals surface area contributed by atoms with Gasteiger partial charge in [-0.3, -0.25) is 9.69 Å². The van der Waals surface area contributed by atoms with Crippen molar-refractivity contribution < 1.29 is 9.21 Å². The van der Waals surface area contributed by atoms with E-state index >= 15 is 0 Å². The molecule has 0 spiro atoms. The molecule has 0 amide bonds. The third-order valence-corrected chi connectivity index (χ3v) is 5.54. The number of thiophene rings is 1. The Labute approximate surface area is 156 Å². The average molecular weight is 367 g/mol. The van der Waals surface area contributed by atoms with Crippen LogP contribution in [0.4, 0.5) is 5.69 Å². The lowest BCUT2D eigenvalue weighted by atomic mass is 10.1. The van der Waals surface area contributed by atoms with Gasteiger partial charge in [-0.15, -0.1) is 11.3 Å². The smallest absolute Gasteiger partial charge is 0.236 e. The van der Waals surface area contributed by atoms with E-state index in [1.165, 1.54) is 5.69 Å². The van der Waals surface area contributed by atoms with Crippen LogP contribution in [0.1, 0.15) is 23.0 Å². The Morgan fingerprint density at radius 3 is 2.58 bits per heavy atom. The predicted octanol–water partition coefficient (Wildman–Crippen LogP) is 3.93. The molecule has 0 N–H and O–H groups in total. The van der Waals surface area contributed by atoms with Crippen LogP contribution in [0.2, 0.25) is 0 Å². The number of rotatable bonds is 5. The Morgan fingerprint density at radius 1 is 1.15 bits per heavy atom. The highest BCUT2D eigenvalue weighted by Crippen LogP contribution is 2.24. The molecule has 3 heterocycles. The van der Waals surface area contributed by atoms with Crippen molar-refractivity contribution in [3.05, 3.63) is 59.3 Å². The number of hydrogen-bond donors (Lipinski definition) is 0. The fourth-order valence-corrected chi connectivity index (χ4v) is 3.85. The molecule has 1 aliphatic rings. The van der Waals surface area contributed by atoms with Crippen LogP contribution in [-0.4, -0.2) is 41.8 Å². The fourth-order valence-electron chi connectivity index (χ4n) is 3.19. The summed E-state index contributed by atoms with van der Waals surface area (Å²) in [6.07, 6.45) is 1.77. The number of carbonyl (C=O) groups is 1. The molecule has 2 aromatic heterocycles. The maximum atomic E-state index is 11.4. The number of anilines is 1. The summed E-state index contributed by atoms with van der Waals surface area (Å²) in [5.74, 6) is 0.815. The molecule has 1 aromatic carbocycles. The number of benzene rings is 1. The molecule has 26 heavy (non-hydrogen) atoms. The van der Waals surface area contributed by atoms with Gasteiger partial charge in [0, 0.05) is 44.0 Å². The van der Waals surface area contributed by atoms with E-state index in [4.69, 9.17) is 4.42 Å². The summed E-state index contributed by atoms with van der Waals surface area (Å²) < 4.78 is 5.61. The third kappa shape index (κ3) is 3.71. The van der Waals surface area contributed by atoms with E-state index in [0.29, 0.717) is 5.89 Å². The molecule has 0 aliphatic carbocycles. The summed E-state index contributed by atoms with van der Waals surface area (Å²) in [5, 5.41) is 2.03. The Hall–Kier alpha value is -2.44. The quantitative estimate of drug-likeness (QED) is 0.640. The summed E-state index contributed by atoms with van der Waals surface area (Å²) in [7, 11) is 0. The molecule has 5 nitrogen and oxygen atoms in total. The van der Waals surface area contributed by atoms with Crippen LogP contribution in [-0.2, 0) is 6.54 Å². The monoisotopic (exact) mass is 367 g/mol. The molecule has 0 saturated carbocycles. The maximum Gasteiger partial charge on any atom is 0.236 e. The zero-order valence-electron chi connectivity index (χ0n) is 14.7. The molecule has 0 unspecified atom stereocenters. The summed E-state index contributed by atoms with van der Waals surface area (Å²) in [6, 6.07) is 11.9. The fraction of sp³-hybridized carbons (Fsp3) is 0.300. The van der Waals surface area contributed by atoms with Crippen LogP contribution in [0.3, 0.4) is 0 Å². The second kappa shape index (κ2) is 7.43. The van der Waals surface area contributed by atoms with Gasteiger partial charge in [0.05, 0.1) is 10.6 Å². The molecule has 0 atom stereocenters. The molecule has 134 valence electrons. The average Bonchev–Trinajstić information content (AvgIpc) is 3.34. The zero-order chi connectivity index (χ0) is 17.9. The van der Waals surface area contributed by atoms with Crippen molar-refractivity contribution in [2.24, 2.45) is 0 Å². The van der Waals surface area contributed by atoms with Gasteiger partial charge in [-0.25, -0.2) is 4.98 Å². The van der Waals surface area contributed by atoms with E-state index in [2.05, 4.69) is 14.8 Å². The largest absolute Gasteiger partial charge is 0.444 e. The molecule has 0 radical (unpaired) electrons. The lowest BCUT2D eigenvalue weighted by Gasteiger charge is -2.35. The zero-order valence-corrected chi connectivity index (χ0v) is 15.5. The summed E-state index contributed by atoms with van der Waals surface area (Å²) in [6.45, 7) is 6.31. The van der Waals surface area contributed by atoms with Gasteiger partial charge in [0.15, 0.2) is 5.78 Å². The SMILES string of the molecule is CC(=O)c1ccc(N2CCN(Cc3coc(-c4cccs4)n3)CC2)cc1. The van der Waals surface area contributed by atoms with Crippen LogP contribution in [0.5, 0.6) is 0 Å². The second-order valence-corrected chi connectivity index (χ2v) is 7.44. The Bertz CT molecular complexity index is 863. The van der Waals surface area contributed by atoms with Crippen molar-refractivity contribution in [1.82, 2.24) is 9.88 Å². The van der Waals surface area contributed by atoms with Crippen molar-refractivity contribution >= 4 is 22.8 Å². The Balaban J connectivity index is 1.33. The van der Waals surface area contributed by atoms with Gasteiger partial charge < -0.3 is 9.32 Å². The molecular formula is C20H21N3O2S. The Kier molecular flexibility index (Phi) is 4.86. The van der Waals surface area contributed by atoms with Gasteiger partial charge in [-0.2, -0.15) is 0 Å². The summed E-state index contributed by atoms with van der Waals surface area (Å²) in [4.78, 5) is 21.8. The van der Waals surface area contributed by atoms with Crippen molar-refractivity contribution in [2.45, 2.75) is 13.5 Å². The molecule has 6 heteroatoms. The highest BCUT2D eigenvalue weighted by Gasteiger charge is 2.19. The van der Waals surface area contributed by atoms with Crippen molar-refractivity contribution in [3.63, 3.8) is 0 Å². The maximum absolute atomic E-state index is 11.4. The number of oxazole rings is 1. The molecule has 3 aromatic rings. The minimum atomic E-state index is 0.107. The topological polar surface area (TPSA) is 49.6 Å². The number of aromatic nitrogens is 1. The van der Waals surface area contributed by atoms with Gasteiger partial charge >= 0.3 is 0 Å². The van der Waals surface area contributed by atoms with E-state index in [1.807, 2.05) is 41.8 Å². The predicted molar refractivity (Wildman–Crippen MR) is 104 cm³/mol. The number of piperazine rings is 1. The summed E-state index contributed by atoms with van der Waals surface area (Å²) >= 11 is 1.64. The molecule has 1 saturated heterocycles. The van der Waals surface area contributed by atoms with Crippen molar-refractivity contribution in [2.75, 3.05) is 31.1 Å². The van der Waals surface area contributed by atoms with Crippen molar-refractivity contribution in [1.29, 1.82) is 0 Å². The highest BCUT2D eigenvalue weighted by atomic mass is 32.1. The van der Waals surface area contributed by atoms with E-state index < -0.39 is 0 Å². The molecule has 4 rings (SSSR count). The van der Waals surface area contributed by atoms with Crippen LogP contribution < -0.4 is 4.90 Å². The molecule has 1 fully saturated rings. The molecule has 0 bridgehead atoms. The first-order valence-electron chi connectivity index (χ1n) is 8.75. The van der Waals surface area contributed by atoms with Gasteiger partial charge in [0.25, 0.3) is 0 Å². The normalized spacial score (nSPS) is 15.3. The molecular weight excluding hydrogens is 346 g/mol. The minimum Gasteiger partial charge on any atom is -0.444 e. The minimum absolute atomic E-state index is 0.107. The number of hydrogen-bond acceptors (Lipinski definition) is 6. The number of carbonyl (C=O) groups excluding carboxylic acids is 1. The van der Waals surface area contributed by atoms with Gasteiger partial charge in [-0.05, 0) is 42.6 Å². The standard InChI is InChI=1S/C20H21N3O2S/c1-15(24)16-4-6-18(7-5-16)23-10-8-22(9-11-23)13-17-14-25-20(21-17)19-3-2-12-26-19/h2-7,12,14H,8-11,13H2,1H3. The first-order valence-corrected chi connectivity index (χ1v) is 9.63. The second-order valence-electron chi connectivity index (χ2n) is 6.49. The number of nitrogens with zero attached hydrogens (tertiary/aromatic N) is 3. The van der Waals surface area contributed by atoms with Crippen LogP contribution in [0.25, 0.3) is 10.8 Å². The van der Waals surface area contributed by atoms with E-state index in [-0.39, 0.29) is 5.78 Å². The lowest BCUT2D eigenvalue weighted by molar-refractivity contribution is 0.101. The number of ketones is 1. The summed E-state index contributed by atoms with van der Waals surface area (Å²) in [5.41, 5.74) is 2.92. The van der Waals surface area contributed by atoms with E-state index in [9.17, 15) is 4.79 Å². The van der Waals surface area contributed by atoms with Gasteiger partial charge in [0.2, 0.25) is 5.89 Å². The van der Waals surface area contributed by atoms with Gasteiger partial charge in [-0.1, -0.05) is 6.07 Å². The first-order chi connectivity index (χ1) is 12.7. The van der Waals surface area contributed by atoms with Crippen LogP contribution in [0, 0.1) is 0 Å². The van der Waals surface area contributed by atoms with Crippen LogP contribution >= 0.6 is 11.3 Å². The van der Waals surface area contributed by atoms with Gasteiger partial charge in [0.1, 0.15) is 6.26 Å². The third-order valence-electron chi connectivity index (χ3n) is 4.68. The van der Waals surface area contributed by atoms with E-state index in [1.54, 1.807) is 24.5 Å². The lowest BCUT2D eigenvalue weighted by Crippen LogP contribution is -2.46. The first kappa shape index (κ1) is 17.0. The Morgan fingerprint density at radius 2 is 1.92 bits per heavy atom. The molecule has 1 aliphatic heterocycles. The van der Waals surface area contributed by atoms with E-state index in [0.717, 1.165) is 48.9 Å². The number of Topliss-reactive ketones (excluding diaryl/α,β-unsaturated/α-hetero) is 1. The van der Waals surface area contributed by atoms with Crippen LogP contribution in [0.15, 0.2) is 52.5 Å².